The summed E-state index contributed by atoms with van der Waals surface area (Å²) in [5.74, 6) is -1.31. The highest BCUT2D eigenvalue weighted by Crippen LogP contribution is 2.27. The van der Waals surface area contributed by atoms with Gasteiger partial charge in [-0.1, -0.05) is 13.5 Å². The third-order valence-electron chi connectivity index (χ3n) is 5.19. The minimum atomic E-state index is -0.817. The zero-order valence-corrected chi connectivity index (χ0v) is 17.5. The topological polar surface area (TPSA) is 142 Å². The highest BCUT2D eigenvalue weighted by atomic mass is 16.2. The van der Waals surface area contributed by atoms with Gasteiger partial charge in [-0.2, -0.15) is 5.10 Å². The summed E-state index contributed by atoms with van der Waals surface area (Å²) in [5, 5.41) is 6.48. The number of anilines is 1. The van der Waals surface area contributed by atoms with Gasteiger partial charge in [-0.3, -0.25) is 29.8 Å². The van der Waals surface area contributed by atoms with Crippen LogP contribution < -0.4 is 16.5 Å². The number of nitrogens with one attached hydrogen (secondary N) is 2. The third-order valence-corrected chi connectivity index (χ3v) is 5.19. The van der Waals surface area contributed by atoms with E-state index in [-0.39, 0.29) is 23.2 Å². The summed E-state index contributed by atoms with van der Waals surface area (Å²) in [6, 6.07) is 1.04. The number of carbonyl (C=O) groups excluding carboxylic acids is 3. The molecule has 0 bridgehead atoms. The van der Waals surface area contributed by atoms with Crippen molar-refractivity contribution in [2.75, 3.05) is 18.9 Å². The van der Waals surface area contributed by atoms with Crippen molar-refractivity contribution in [2.45, 2.75) is 25.8 Å². The number of likely N-dealkylation sites (tertiary alicyclic amines) is 1. The number of carbonyl (C=O) groups is 3. The number of pyridine rings is 1. The lowest BCUT2D eigenvalue weighted by molar-refractivity contribution is -0.145. The lowest BCUT2D eigenvalue weighted by atomic mass is 9.89. The summed E-state index contributed by atoms with van der Waals surface area (Å²) in [5.41, 5.74) is 9.83. The largest absolute Gasteiger partial charge is 0.366 e. The van der Waals surface area contributed by atoms with E-state index in [0.717, 1.165) is 12.0 Å². The molecular formula is C21H25N7O3. The fourth-order valence-electron chi connectivity index (χ4n) is 3.59. The number of nitrogens with two attached hydrogens (primary N) is 1. The Bertz CT molecular complexity index is 1010. The van der Waals surface area contributed by atoms with Gasteiger partial charge in [-0.25, -0.2) is 0 Å². The van der Waals surface area contributed by atoms with Gasteiger partial charge >= 0.3 is 11.8 Å². The van der Waals surface area contributed by atoms with E-state index in [0.29, 0.717) is 24.4 Å². The Kier molecular flexibility index (Phi) is 6.58. The first-order valence-electron chi connectivity index (χ1n) is 9.83. The number of rotatable bonds is 4. The molecule has 0 saturated carbocycles. The van der Waals surface area contributed by atoms with Crippen LogP contribution in [0, 0.1) is 5.92 Å². The first-order chi connectivity index (χ1) is 14.8. The molecule has 3 rings (SSSR count). The number of hydrazone groups is 1. The molecule has 3 heterocycles. The van der Waals surface area contributed by atoms with Gasteiger partial charge in [-0.15, -0.1) is 0 Å². The molecule has 10 heteroatoms. The molecule has 1 saturated heterocycles. The number of nitrogens with zero attached hydrogens (tertiary/aromatic N) is 4. The SMILES string of the molecule is C=C(/C=C1/C=NN/C1=N/C)[C@@H]1CC[C@@H](C)CN1C(=O)C(=O)Nc1cncc(C(N)=O)c1. The molecular weight excluding hydrogens is 398 g/mol. The van der Waals surface area contributed by atoms with Crippen molar-refractivity contribution in [3.63, 3.8) is 0 Å². The van der Waals surface area contributed by atoms with Crippen molar-refractivity contribution in [1.29, 1.82) is 0 Å². The lowest BCUT2D eigenvalue weighted by Gasteiger charge is -2.38. The predicted molar refractivity (Wildman–Crippen MR) is 117 cm³/mol. The molecule has 162 valence electrons. The number of piperidine rings is 1. The normalized spacial score (nSPS) is 23.0. The van der Waals surface area contributed by atoms with E-state index in [4.69, 9.17) is 5.73 Å². The van der Waals surface area contributed by atoms with E-state index < -0.39 is 17.7 Å². The Morgan fingerprint density at radius 2 is 2.13 bits per heavy atom. The molecule has 1 aromatic rings. The van der Waals surface area contributed by atoms with Crippen molar-refractivity contribution in [1.82, 2.24) is 15.3 Å². The van der Waals surface area contributed by atoms with Crippen LogP contribution in [0.2, 0.25) is 0 Å². The summed E-state index contributed by atoms with van der Waals surface area (Å²) in [6.07, 6.45) is 7.68. The second kappa shape index (κ2) is 9.33. The summed E-state index contributed by atoms with van der Waals surface area (Å²) < 4.78 is 0. The average Bonchev–Trinajstić information content (AvgIpc) is 3.20. The van der Waals surface area contributed by atoms with Gasteiger partial charge in [0.05, 0.1) is 29.7 Å². The summed E-state index contributed by atoms with van der Waals surface area (Å²) in [4.78, 5) is 46.5. The highest BCUT2D eigenvalue weighted by Gasteiger charge is 2.34. The van der Waals surface area contributed by atoms with Crippen LogP contribution in [0.25, 0.3) is 0 Å². The molecule has 10 nitrogen and oxygen atoms in total. The van der Waals surface area contributed by atoms with Crippen LogP contribution in [-0.4, -0.2) is 59.3 Å². The second-order valence-corrected chi connectivity index (χ2v) is 7.55. The van der Waals surface area contributed by atoms with Gasteiger partial charge in [0.2, 0.25) is 5.91 Å². The first kappa shape index (κ1) is 21.9. The standard InChI is InChI=1S/C21H25N7O3/c1-12-4-5-17(13(2)6-15-9-25-27-19(15)23-3)28(11-12)21(31)20(30)26-16-7-14(18(22)29)8-24-10-16/h6-10,12,17H,2,4-5,11H2,1,3H3,(H2,22,29)(H,23,27)(H,26,30)/b15-6-/t12-,17+/m1/s1. The number of hydrogen-bond donors (Lipinski definition) is 3. The monoisotopic (exact) mass is 423 g/mol. The zero-order chi connectivity index (χ0) is 22.5. The Balaban J connectivity index is 1.78. The van der Waals surface area contributed by atoms with Crippen LogP contribution in [-0.2, 0) is 9.59 Å². The van der Waals surface area contributed by atoms with Crippen molar-refractivity contribution >= 4 is 35.5 Å². The molecule has 31 heavy (non-hydrogen) atoms. The van der Waals surface area contributed by atoms with Crippen LogP contribution in [0.5, 0.6) is 0 Å². The average molecular weight is 423 g/mol. The number of aromatic nitrogens is 1. The maximum absolute atomic E-state index is 13.0. The molecule has 0 aromatic carbocycles. The Labute approximate surface area is 180 Å². The number of amides is 3. The third kappa shape index (κ3) is 5.03. The quantitative estimate of drug-likeness (QED) is 0.615. The highest BCUT2D eigenvalue weighted by molar-refractivity contribution is 6.39. The van der Waals surface area contributed by atoms with Gasteiger partial charge in [0.15, 0.2) is 0 Å². The minimum Gasteiger partial charge on any atom is -0.366 e. The fourth-order valence-corrected chi connectivity index (χ4v) is 3.59. The maximum Gasteiger partial charge on any atom is 0.313 e. The number of amidine groups is 1. The molecule has 1 fully saturated rings. The Hall–Kier alpha value is -3.82. The van der Waals surface area contributed by atoms with Crippen molar-refractivity contribution in [3.05, 3.63) is 47.8 Å². The summed E-state index contributed by atoms with van der Waals surface area (Å²) >= 11 is 0. The van der Waals surface area contributed by atoms with Gasteiger partial charge in [0.25, 0.3) is 0 Å². The molecule has 0 radical (unpaired) electrons. The van der Waals surface area contributed by atoms with E-state index in [9.17, 15) is 14.4 Å². The van der Waals surface area contributed by atoms with Gasteiger partial charge < -0.3 is 16.0 Å². The summed E-state index contributed by atoms with van der Waals surface area (Å²) in [7, 11) is 1.65. The van der Waals surface area contributed by atoms with E-state index in [1.807, 2.05) is 13.0 Å². The first-order valence-corrected chi connectivity index (χ1v) is 9.83. The number of aliphatic imine (C=N–C) groups is 1. The smallest absolute Gasteiger partial charge is 0.313 e. The van der Waals surface area contributed by atoms with Crippen LogP contribution in [0.3, 0.4) is 0 Å². The van der Waals surface area contributed by atoms with E-state index in [1.54, 1.807) is 13.3 Å². The Morgan fingerprint density at radius 3 is 2.84 bits per heavy atom. The van der Waals surface area contributed by atoms with Crippen LogP contribution >= 0.6 is 0 Å². The van der Waals surface area contributed by atoms with Gasteiger partial charge in [0, 0.05) is 25.4 Å². The van der Waals surface area contributed by atoms with Crippen LogP contribution in [0.4, 0.5) is 5.69 Å². The van der Waals surface area contributed by atoms with E-state index in [2.05, 4.69) is 32.4 Å². The van der Waals surface area contributed by atoms with E-state index in [1.165, 1.54) is 23.4 Å². The van der Waals surface area contributed by atoms with E-state index >= 15 is 0 Å². The van der Waals surface area contributed by atoms with Crippen molar-refractivity contribution < 1.29 is 14.4 Å². The number of hydrogen-bond acceptors (Lipinski definition) is 6. The minimum absolute atomic E-state index is 0.134. The second-order valence-electron chi connectivity index (χ2n) is 7.55. The molecule has 1 aromatic heterocycles. The predicted octanol–water partition coefficient (Wildman–Crippen LogP) is 0.846. The molecule has 0 unspecified atom stereocenters. The maximum atomic E-state index is 13.0. The molecule has 2 aliphatic heterocycles. The van der Waals surface area contributed by atoms with Gasteiger partial charge in [-0.05, 0) is 36.5 Å². The van der Waals surface area contributed by atoms with Crippen molar-refractivity contribution in [3.8, 4) is 0 Å². The fraction of sp³-hybridized carbons (Fsp3) is 0.333. The summed E-state index contributed by atoms with van der Waals surface area (Å²) in [6.45, 7) is 6.60. The zero-order valence-electron chi connectivity index (χ0n) is 17.5. The molecule has 0 spiro atoms. The molecule has 2 aliphatic rings. The molecule has 4 N–H and O–H groups in total. The number of primary amides is 1. The molecule has 3 amide bonds. The molecule has 0 aliphatic carbocycles. The Morgan fingerprint density at radius 1 is 1.35 bits per heavy atom. The van der Waals surface area contributed by atoms with Crippen molar-refractivity contribution in [2.24, 2.45) is 21.7 Å². The van der Waals surface area contributed by atoms with Crippen LogP contribution in [0.1, 0.15) is 30.1 Å². The van der Waals surface area contributed by atoms with Gasteiger partial charge in [0.1, 0.15) is 5.84 Å². The lowest BCUT2D eigenvalue weighted by Crippen LogP contribution is -2.51. The molecule has 2 atom stereocenters. The van der Waals surface area contributed by atoms with Crippen LogP contribution in [0.15, 0.2) is 52.4 Å².